The van der Waals surface area contributed by atoms with E-state index >= 15 is 0 Å². The highest BCUT2D eigenvalue weighted by atomic mass is 19.1. The van der Waals surface area contributed by atoms with E-state index in [0.717, 1.165) is 22.4 Å². The molecule has 0 saturated carbocycles. The first-order valence-electron chi connectivity index (χ1n) is 14.6. The van der Waals surface area contributed by atoms with Gasteiger partial charge in [-0.25, -0.2) is 4.39 Å². The molecule has 45 heavy (non-hydrogen) atoms. The quantitative estimate of drug-likeness (QED) is 0.0979. The Morgan fingerprint density at radius 3 is 1.87 bits per heavy atom. The highest BCUT2D eigenvalue weighted by Crippen LogP contribution is 2.16. The maximum Gasteiger partial charge on any atom is 0.251 e. The molecular formula is C32H39FN8O4. The first-order valence-corrected chi connectivity index (χ1v) is 14.6. The lowest BCUT2D eigenvalue weighted by molar-refractivity contribution is 0.0511. The second-order valence-corrected chi connectivity index (χ2v) is 9.81. The van der Waals surface area contributed by atoms with Crippen LogP contribution in [0.5, 0.6) is 5.75 Å². The molecule has 0 aliphatic rings. The van der Waals surface area contributed by atoms with E-state index in [0.29, 0.717) is 82.6 Å². The van der Waals surface area contributed by atoms with Crippen molar-refractivity contribution >= 4 is 23.8 Å². The second kappa shape index (κ2) is 18.1. The third kappa shape index (κ3) is 11.6. The number of hydrogen-bond donors (Lipinski definition) is 5. The molecule has 0 fully saturated rings. The molecule has 238 valence electrons. The van der Waals surface area contributed by atoms with Crippen LogP contribution in [0.3, 0.4) is 0 Å². The van der Waals surface area contributed by atoms with Gasteiger partial charge in [0.25, 0.3) is 5.91 Å². The monoisotopic (exact) mass is 618 g/mol. The third-order valence-corrected chi connectivity index (χ3v) is 6.42. The van der Waals surface area contributed by atoms with Crippen molar-refractivity contribution in [2.75, 3.05) is 62.6 Å². The average Bonchev–Trinajstić information content (AvgIpc) is 3.07. The maximum atomic E-state index is 13.3. The number of aromatic nitrogens is 3. The molecule has 13 heteroatoms. The molecule has 4 aromatic rings. The van der Waals surface area contributed by atoms with E-state index < -0.39 is 0 Å². The molecule has 12 nitrogen and oxygen atoms in total. The van der Waals surface area contributed by atoms with Gasteiger partial charge in [-0.05, 0) is 53.1 Å². The number of nitrogens with zero attached hydrogens (tertiary/aromatic N) is 3. The number of carbonyl (C=O) groups is 1. The Hall–Kier alpha value is -4.85. The minimum atomic E-state index is -0.297. The molecule has 1 aromatic heterocycles. The van der Waals surface area contributed by atoms with Crippen molar-refractivity contribution in [3.8, 4) is 5.75 Å². The lowest BCUT2D eigenvalue weighted by Gasteiger charge is -2.12. The van der Waals surface area contributed by atoms with Crippen molar-refractivity contribution in [3.63, 3.8) is 0 Å². The number of carbonyl (C=O) groups excluding carboxylic acids is 1. The van der Waals surface area contributed by atoms with E-state index in [4.69, 9.17) is 19.9 Å². The standard InChI is InChI=1S/C32H39FN8O4/c1-43-28-4-2-3-25(19-28)22-38-32-40-30(39-31(41-32)37-21-24-7-11-27(33)12-8-24)36-20-23-5-9-26(10-6-23)29(42)35-14-16-45-18-17-44-15-13-34/h2-12,19H,13-18,20-22,34H2,1H3,(H,35,42)(H3,36,37,38,39,40,41). The van der Waals surface area contributed by atoms with Crippen LogP contribution < -0.4 is 31.7 Å². The zero-order valence-electron chi connectivity index (χ0n) is 25.2. The minimum absolute atomic E-state index is 0.182. The Morgan fingerprint density at radius 1 is 0.733 bits per heavy atom. The fourth-order valence-electron chi connectivity index (χ4n) is 4.06. The van der Waals surface area contributed by atoms with E-state index in [1.807, 2.05) is 36.4 Å². The molecule has 1 heterocycles. The van der Waals surface area contributed by atoms with Crippen LogP contribution in [-0.4, -0.2) is 67.5 Å². The number of nitrogens with one attached hydrogen (secondary N) is 4. The lowest BCUT2D eigenvalue weighted by Crippen LogP contribution is -2.27. The van der Waals surface area contributed by atoms with Crippen molar-refractivity contribution < 1.29 is 23.4 Å². The van der Waals surface area contributed by atoms with Gasteiger partial charge >= 0.3 is 0 Å². The highest BCUT2D eigenvalue weighted by Gasteiger charge is 2.09. The second-order valence-electron chi connectivity index (χ2n) is 9.81. The molecule has 3 aromatic carbocycles. The van der Waals surface area contributed by atoms with E-state index in [1.54, 1.807) is 31.4 Å². The maximum absolute atomic E-state index is 13.3. The molecule has 0 aliphatic carbocycles. The van der Waals surface area contributed by atoms with Gasteiger partial charge in [0, 0.05) is 38.3 Å². The molecule has 0 saturated heterocycles. The van der Waals surface area contributed by atoms with Crippen LogP contribution in [0.4, 0.5) is 22.2 Å². The van der Waals surface area contributed by atoms with Crippen LogP contribution in [0.1, 0.15) is 27.0 Å². The van der Waals surface area contributed by atoms with Gasteiger partial charge in [0.15, 0.2) is 0 Å². The Labute approximate surface area is 261 Å². The number of benzene rings is 3. The zero-order chi connectivity index (χ0) is 31.7. The molecule has 0 spiro atoms. The summed E-state index contributed by atoms with van der Waals surface area (Å²) in [6.07, 6.45) is 0. The number of rotatable bonds is 19. The molecule has 0 aliphatic heterocycles. The molecular weight excluding hydrogens is 579 g/mol. The van der Waals surface area contributed by atoms with Crippen molar-refractivity contribution in [3.05, 3.63) is 101 Å². The molecule has 0 unspecified atom stereocenters. The number of ether oxygens (including phenoxy) is 3. The topological polar surface area (TPSA) is 158 Å². The molecule has 0 bridgehead atoms. The Kier molecular flexibility index (Phi) is 13.3. The van der Waals surface area contributed by atoms with Gasteiger partial charge < -0.3 is 41.2 Å². The molecule has 6 N–H and O–H groups in total. The van der Waals surface area contributed by atoms with Gasteiger partial charge in [-0.3, -0.25) is 4.79 Å². The summed E-state index contributed by atoms with van der Waals surface area (Å²) in [4.78, 5) is 26.0. The number of nitrogens with two attached hydrogens (primary N) is 1. The predicted molar refractivity (Wildman–Crippen MR) is 171 cm³/mol. The summed E-state index contributed by atoms with van der Waals surface area (Å²) in [5, 5.41) is 12.5. The molecule has 4 rings (SSSR count). The van der Waals surface area contributed by atoms with E-state index in [2.05, 4.69) is 36.2 Å². The largest absolute Gasteiger partial charge is 0.497 e. The average molecular weight is 619 g/mol. The molecule has 0 radical (unpaired) electrons. The summed E-state index contributed by atoms with van der Waals surface area (Å²) in [7, 11) is 1.62. The highest BCUT2D eigenvalue weighted by molar-refractivity contribution is 5.94. The normalized spacial score (nSPS) is 10.7. The van der Waals surface area contributed by atoms with Crippen molar-refractivity contribution in [1.29, 1.82) is 0 Å². The van der Waals surface area contributed by atoms with Gasteiger partial charge in [-0.15, -0.1) is 0 Å². The minimum Gasteiger partial charge on any atom is -0.497 e. The number of halogens is 1. The summed E-state index contributed by atoms with van der Waals surface area (Å²) in [6, 6.07) is 21.2. The van der Waals surface area contributed by atoms with Gasteiger partial charge in [-0.1, -0.05) is 36.4 Å². The number of hydrogen-bond acceptors (Lipinski definition) is 11. The van der Waals surface area contributed by atoms with Crippen LogP contribution in [0.15, 0.2) is 72.8 Å². The first kappa shape index (κ1) is 33.1. The summed E-state index contributed by atoms with van der Waals surface area (Å²) >= 11 is 0. The van der Waals surface area contributed by atoms with Crippen molar-refractivity contribution in [1.82, 2.24) is 20.3 Å². The van der Waals surface area contributed by atoms with Crippen LogP contribution in [-0.2, 0) is 29.1 Å². The van der Waals surface area contributed by atoms with Crippen LogP contribution in [0.25, 0.3) is 0 Å². The van der Waals surface area contributed by atoms with Crippen LogP contribution in [0.2, 0.25) is 0 Å². The number of methoxy groups -OCH3 is 1. The first-order chi connectivity index (χ1) is 22.0. The number of amides is 1. The third-order valence-electron chi connectivity index (χ3n) is 6.42. The van der Waals surface area contributed by atoms with E-state index in [9.17, 15) is 9.18 Å². The summed E-state index contributed by atoms with van der Waals surface area (Å²) in [5.74, 6) is 1.36. The van der Waals surface area contributed by atoms with E-state index in [1.165, 1.54) is 12.1 Å². The Bertz CT molecular complexity index is 1480. The zero-order valence-corrected chi connectivity index (χ0v) is 25.2. The fourth-order valence-corrected chi connectivity index (χ4v) is 4.06. The Balaban J connectivity index is 1.33. The summed E-state index contributed by atoms with van der Waals surface area (Å²) in [6.45, 7) is 3.97. The number of anilines is 3. The van der Waals surface area contributed by atoms with Crippen LogP contribution in [0, 0.1) is 5.82 Å². The van der Waals surface area contributed by atoms with Gasteiger partial charge in [0.05, 0.1) is 33.5 Å². The van der Waals surface area contributed by atoms with Crippen molar-refractivity contribution in [2.45, 2.75) is 19.6 Å². The smallest absolute Gasteiger partial charge is 0.251 e. The fraction of sp³-hybridized carbons (Fsp3) is 0.312. The molecule has 0 atom stereocenters. The van der Waals surface area contributed by atoms with Crippen LogP contribution >= 0.6 is 0 Å². The predicted octanol–water partition coefficient (Wildman–Crippen LogP) is 3.58. The van der Waals surface area contributed by atoms with Gasteiger partial charge in [0.1, 0.15) is 11.6 Å². The van der Waals surface area contributed by atoms with Gasteiger partial charge in [0.2, 0.25) is 17.8 Å². The molecule has 1 amide bonds. The lowest BCUT2D eigenvalue weighted by atomic mass is 10.1. The van der Waals surface area contributed by atoms with E-state index in [-0.39, 0.29) is 11.7 Å². The van der Waals surface area contributed by atoms with Crippen molar-refractivity contribution in [2.24, 2.45) is 5.73 Å². The SMILES string of the molecule is COc1cccc(CNc2nc(NCc3ccc(F)cc3)nc(NCc3ccc(C(=O)NCCOCCOCCN)cc3)n2)c1. The summed E-state index contributed by atoms with van der Waals surface area (Å²) in [5.41, 5.74) is 8.71. The summed E-state index contributed by atoms with van der Waals surface area (Å²) < 4.78 is 29.3. The van der Waals surface area contributed by atoms with Gasteiger partial charge in [-0.2, -0.15) is 15.0 Å². The Morgan fingerprint density at radius 2 is 1.29 bits per heavy atom.